The van der Waals surface area contributed by atoms with Crippen LogP contribution in [0.5, 0.6) is 0 Å². The zero-order valence-corrected chi connectivity index (χ0v) is 12.5. The van der Waals surface area contributed by atoms with Crippen molar-refractivity contribution in [2.24, 2.45) is 17.8 Å². The van der Waals surface area contributed by atoms with Crippen LogP contribution in [0.3, 0.4) is 0 Å². The summed E-state index contributed by atoms with van der Waals surface area (Å²) in [6.07, 6.45) is 1.34. The normalized spacial score (nSPS) is 12.9. The smallest absolute Gasteiger partial charge is 0.243 e. The standard InChI is InChI=1S/C12H23N3O2S/c1-8(2)11(9(3)4)6-14-18(16,17)12-7-13-15-10(12)5/h7-9,11,14H,6H2,1-5H3,(H,13,15). The maximum absolute atomic E-state index is 12.1. The molecule has 0 unspecified atom stereocenters. The van der Waals surface area contributed by atoms with E-state index in [9.17, 15) is 8.42 Å². The largest absolute Gasteiger partial charge is 0.281 e. The van der Waals surface area contributed by atoms with E-state index in [1.54, 1.807) is 6.92 Å². The predicted molar refractivity (Wildman–Crippen MR) is 71.7 cm³/mol. The highest BCUT2D eigenvalue weighted by molar-refractivity contribution is 7.89. The molecule has 0 aliphatic rings. The molecule has 0 aliphatic heterocycles. The third-order valence-electron chi connectivity index (χ3n) is 3.29. The number of rotatable bonds is 6. The topological polar surface area (TPSA) is 74.8 Å². The molecule has 0 amide bonds. The van der Waals surface area contributed by atoms with E-state index in [1.807, 2.05) is 0 Å². The average Bonchev–Trinajstić information content (AvgIpc) is 2.63. The van der Waals surface area contributed by atoms with Gasteiger partial charge in [0.2, 0.25) is 10.0 Å². The van der Waals surface area contributed by atoms with Crippen molar-refractivity contribution in [1.29, 1.82) is 0 Å². The number of aryl methyl sites for hydroxylation is 1. The Morgan fingerprint density at radius 3 is 2.22 bits per heavy atom. The van der Waals surface area contributed by atoms with E-state index in [-0.39, 0.29) is 4.90 Å². The Balaban J connectivity index is 2.76. The Morgan fingerprint density at radius 2 is 1.83 bits per heavy atom. The molecule has 1 rings (SSSR count). The van der Waals surface area contributed by atoms with E-state index in [1.165, 1.54) is 6.20 Å². The van der Waals surface area contributed by atoms with Gasteiger partial charge in [0.1, 0.15) is 4.90 Å². The first-order valence-electron chi connectivity index (χ1n) is 6.25. The summed E-state index contributed by atoms with van der Waals surface area (Å²) in [6.45, 7) is 10.6. The number of hydrogen-bond acceptors (Lipinski definition) is 3. The Kier molecular flexibility index (Phi) is 4.92. The van der Waals surface area contributed by atoms with Crippen molar-refractivity contribution < 1.29 is 8.42 Å². The Hall–Kier alpha value is -0.880. The van der Waals surface area contributed by atoms with Crippen molar-refractivity contribution in [2.45, 2.75) is 39.5 Å². The van der Waals surface area contributed by atoms with E-state index in [0.717, 1.165) is 0 Å². The second-order valence-electron chi connectivity index (χ2n) is 5.36. The second-order valence-corrected chi connectivity index (χ2v) is 7.10. The maximum atomic E-state index is 12.1. The molecule has 1 aromatic rings. The molecular formula is C12H23N3O2S. The van der Waals surface area contributed by atoms with Gasteiger partial charge < -0.3 is 0 Å². The van der Waals surface area contributed by atoms with Gasteiger partial charge in [0.25, 0.3) is 0 Å². The molecule has 0 aromatic carbocycles. The Bertz CT molecular complexity index is 469. The van der Waals surface area contributed by atoms with Gasteiger partial charge in [-0.3, -0.25) is 5.10 Å². The molecule has 0 aliphatic carbocycles. The van der Waals surface area contributed by atoms with Crippen LogP contribution >= 0.6 is 0 Å². The highest BCUT2D eigenvalue weighted by atomic mass is 32.2. The summed E-state index contributed by atoms with van der Waals surface area (Å²) >= 11 is 0. The molecule has 0 bridgehead atoms. The van der Waals surface area contributed by atoms with Crippen molar-refractivity contribution in [3.05, 3.63) is 11.9 Å². The molecule has 0 atom stereocenters. The number of nitrogens with one attached hydrogen (secondary N) is 2. The Labute approximate surface area is 109 Å². The molecule has 18 heavy (non-hydrogen) atoms. The van der Waals surface area contributed by atoms with Gasteiger partial charge in [0.15, 0.2) is 0 Å². The third-order valence-corrected chi connectivity index (χ3v) is 4.83. The van der Waals surface area contributed by atoms with Gasteiger partial charge in [0, 0.05) is 6.54 Å². The van der Waals surface area contributed by atoms with Crippen LogP contribution in [0.15, 0.2) is 11.1 Å². The minimum absolute atomic E-state index is 0.230. The number of sulfonamides is 1. The van der Waals surface area contributed by atoms with Crippen LogP contribution in [-0.4, -0.2) is 25.2 Å². The zero-order valence-electron chi connectivity index (χ0n) is 11.7. The molecule has 5 nitrogen and oxygen atoms in total. The van der Waals surface area contributed by atoms with Crippen LogP contribution in [-0.2, 0) is 10.0 Å². The van der Waals surface area contributed by atoms with E-state index in [2.05, 4.69) is 42.6 Å². The summed E-state index contributed by atoms with van der Waals surface area (Å²) < 4.78 is 26.9. The van der Waals surface area contributed by atoms with Gasteiger partial charge >= 0.3 is 0 Å². The Morgan fingerprint density at radius 1 is 1.28 bits per heavy atom. The number of nitrogens with zero attached hydrogens (tertiary/aromatic N) is 1. The number of aromatic nitrogens is 2. The SMILES string of the molecule is Cc1[nH]ncc1S(=O)(=O)NCC(C(C)C)C(C)C. The monoisotopic (exact) mass is 273 g/mol. The molecule has 0 saturated heterocycles. The lowest BCUT2D eigenvalue weighted by molar-refractivity contribution is 0.289. The molecule has 104 valence electrons. The molecule has 1 aromatic heterocycles. The van der Waals surface area contributed by atoms with Gasteiger partial charge in [-0.05, 0) is 24.7 Å². The van der Waals surface area contributed by atoms with Crippen LogP contribution in [0.4, 0.5) is 0 Å². The maximum Gasteiger partial charge on any atom is 0.243 e. The lowest BCUT2D eigenvalue weighted by atomic mass is 9.86. The molecule has 0 spiro atoms. The summed E-state index contributed by atoms with van der Waals surface area (Å²) in [5.41, 5.74) is 0.563. The molecule has 1 heterocycles. The van der Waals surface area contributed by atoms with Crippen LogP contribution in [0, 0.1) is 24.7 Å². The average molecular weight is 273 g/mol. The summed E-state index contributed by atoms with van der Waals surface area (Å²) in [5.74, 6) is 1.21. The number of aromatic amines is 1. The lowest BCUT2D eigenvalue weighted by Gasteiger charge is -2.24. The fourth-order valence-corrected chi connectivity index (χ4v) is 3.34. The van der Waals surface area contributed by atoms with Crippen LogP contribution in [0.2, 0.25) is 0 Å². The van der Waals surface area contributed by atoms with Gasteiger partial charge in [-0.1, -0.05) is 27.7 Å². The first kappa shape index (κ1) is 15.2. The minimum atomic E-state index is -3.45. The zero-order chi connectivity index (χ0) is 13.9. The van der Waals surface area contributed by atoms with Gasteiger partial charge in [-0.25, -0.2) is 13.1 Å². The summed E-state index contributed by atoms with van der Waals surface area (Å²) in [4.78, 5) is 0.230. The number of H-pyrrole nitrogens is 1. The highest BCUT2D eigenvalue weighted by Crippen LogP contribution is 2.20. The van der Waals surface area contributed by atoms with Crippen LogP contribution in [0.25, 0.3) is 0 Å². The summed E-state index contributed by atoms with van der Waals surface area (Å²) in [7, 11) is -3.45. The first-order chi connectivity index (χ1) is 8.25. The van der Waals surface area contributed by atoms with Crippen molar-refractivity contribution in [1.82, 2.24) is 14.9 Å². The van der Waals surface area contributed by atoms with E-state index < -0.39 is 10.0 Å². The fraction of sp³-hybridized carbons (Fsp3) is 0.750. The van der Waals surface area contributed by atoms with Crippen LogP contribution in [0.1, 0.15) is 33.4 Å². The van der Waals surface area contributed by atoms with Crippen LogP contribution < -0.4 is 4.72 Å². The first-order valence-corrected chi connectivity index (χ1v) is 7.73. The van der Waals surface area contributed by atoms with E-state index >= 15 is 0 Å². The van der Waals surface area contributed by atoms with E-state index in [4.69, 9.17) is 0 Å². The summed E-state index contributed by atoms with van der Waals surface area (Å²) in [6, 6.07) is 0. The summed E-state index contributed by atoms with van der Waals surface area (Å²) in [5, 5.41) is 6.38. The molecule has 0 fully saturated rings. The fourth-order valence-electron chi connectivity index (χ4n) is 2.14. The van der Waals surface area contributed by atoms with E-state index in [0.29, 0.717) is 30.0 Å². The predicted octanol–water partition coefficient (Wildman–Crippen LogP) is 1.92. The second kappa shape index (κ2) is 5.84. The van der Waals surface area contributed by atoms with Crippen molar-refractivity contribution in [3.63, 3.8) is 0 Å². The van der Waals surface area contributed by atoms with Gasteiger partial charge in [-0.15, -0.1) is 0 Å². The third kappa shape index (κ3) is 3.55. The van der Waals surface area contributed by atoms with Crippen molar-refractivity contribution >= 4 is 10.0 Å². The lowest BCUT2D eigenvalue weighted by Crippen LogP contribution is -2.34. The molecule has 2 N–H and O–H groups in total. The minimum Gasteiger partial charge on any atom is -0.281 e. The van der Waals surface area contributed by atoms with Crippen molar-refractivity contribution in [3.8, 4) is 0 Å². The van der Waals surface area contributed by atoms with Gasteiger partial charge in [-0.2, -0.15) is 5.10 Å². The quantitative estimate of drug-likeness (QED) is 0.831. The van der Waals surface area contributed by atoms with Gasteiger partial charge in [0.05, 0.1) is 11.9 Å². The highest BCUT2D eigenvalue weighted by Gasteiger charge is 2.23. The van der Waals surface area contributed by atoms with Crippen molar-refractivity contribution in [2.75, 3.05) is 6.54 Å². The molecule has 0 saturated carbocycles. The molecular weight excluding hydrogens is 250 g/mol. The molecule has 0 radical (unpaired) electrons. The molecule has 6 heteroatoms. The number of hydrogen-bond donors (Lipinski definition) is 2.